The maximum atomic E-state index is 15.6. The normalized spacial score (nSPS) is 33.4. The second-order valence-corrected chi connectivity index (χ2v) is 13.5. The lowest BCUT2D eigenvalue weighted by molar-refractivity contribution is -0.139. The summed E-state index contributed by atoms with van der Waals surface area (Å²) in [6, 6.07) is 6.60. The van der Waals surface area contributed by atoms with Crippen molar-refractivity contribution < 1.29 is 23.5 Å². The Bertz CT molecular complexity index is 1470. The third-order valence-corrected chi connectivity index (χ3v) is 10.6. The molecule has 2 spiro atoms. The Balaban J connectivity index is 1.40. The van der Waals surface area contributed by atoms with Gasteiger partial charge in [0.1, 0.15) is 11.5 Å². The molecule has 0 bridgehead atoms. The summed E-state index contributed by atoms with van der Waals surface area (Å²) in [5.41, 5.74) is 4.48. The Hall–Kier alpha value is -2.79. The number of nitrogens with two attached hydrogens (primary N) is 1. The van der Waals surface area contributed by atoms with Crippen molar-refractivity contribution in [1.29, 1.82) is 0 Å². The molecule has 12 heteroatoms. The van der Waals surface area contributed by atoms with Crippen molar-refractivity contribution in [3.8, 4) is 0 Å². The average molecular weight is 619 g/mol. The number of primary amides is 1. The number of hydrogen-bond donors (Lipinski definition) is 4. The zero-order valence-corrected chi connectivity index (χ0v) is 24.9. The topological polar surface area (TPSA) is 135 Å². The fourth-order valence-electron chi connectivity index (χ4n) is 7.89. The van der Waals surface area contributed by atoms with Gasteiger partial charge in [0.25, 0.3) is 0 Å². The average Bonchev–Trinajstić information content (AvgIpc) is 3.42. The fraction of sp³-hybridized carbons (Fsp3) is 0.533. The van der Waals surface area contributed by atoms with E-state index >= 15 is 4.39 Å². The SMILES string of the molecule is CC1(C)CCC2(CC1C(=O)N[C@@H]1CC[C@@H](C(N)=O)OC1)NCC(c1ccnc(Cl)c1F)C21C(=O)Nc2cc(Cl)ccc21. The van der Waals surface area contributed by atoms with Crippen LogP contribution in [0.3, 0.4) is 0 Å². The first-order valence-corrected chi connectivity index (χ1v) is 15.0. The molecule has 42 heavy (non-hydrogen) atoms. The van der Waals surface area contributed by atoms with Crippen LogP contribution in [-0.4, -0.2) is 53.5 Å². The number of carbonyl (C=O) groups excluding carboxylic acids is 3. The van der Waals surface area contributed by atoms with Gasteiger partial charge in [-0.1, -0.05) is 43.1 Å². The van der Waals surface area contributed by atoms with Crippen molar-refractivity contribution in [1.82, 2.24) is 15.6 Å². The van der Waals surface area contributed by atoms with Crippen molar-refractivity contribution in [3.63, 3.8) is 0 Å². The Morgan fingerprint density at radius 3 is 2.69 bits per heavy atom. The molecule has 9 nitrogen and oxygen atoms in total. The molecule has 5 N–H and O–H groups in total. The number of pyridine rings is 1. The maximum absolute atomic E-state index is 15.6. The minimum atomic E-state index is -1.24. The lowest BCUT2D eigenvalue weighted by Crippen LogP contribution is -2.64. The molecule has 1 aromatic heterocycles. The van der Waals surface area contributed by atoms with Crippen LogP contribution in [0, 0.1) is 17.2 Å². The monoisotopic (exact) mass is 617 g/mol. The van der Waals surface area contributed by atoms with E-state index in [-0.39, 0.29) is 35.0 Å². The van der Waals surface area contributed by atoms with Gasteiger partial charge < -0.3 is 26.4 Å². The van der Waals surface area contributed by atoms with E-state index in [1.165, 1.54) is 6.20 Å². The molecule has 1 saturated carbocycles. The summed E-state index contributed by atoms with van der Waals surface area (Å²) in [5.74, 6) is -2.67. The predicted molar refractivity (Wildman–Crippen MR) is 156 cm³/mol. The summed E-state index contributed by atoms with van der Waals surface area (Å²) in [5, 5.41) is 10.0. The van der Waals surface area contributed by atoms with Crippen LogP contribution in [0.5, 0.6) is 0 Å². The smallest absolute Gasteiger partial charge is 0.246 e. The van der Waals surface area contributed by atoms with E-state index in [9.17, 15) is 14.4 Å². The first-order valence-electron chi connectivity index (χ1n) is 14.3. The molecule has 4 heterocycles. The van der Waals surface area contributed by atoms with Crippen LogP contribution in [0.2, 0.25) is 10.2 Å². The molecule has 3 amide bonds. The van der Waals surface area contributed by atoms with Gasteiger partial charge in [-0.15, -0.1) is 0 Å². The number of ether oxygens (including phenoxy) is 1. The van der Waals surface area contributed by atoms with Crippen molar-refractivity contribution >= 4 is 46.6 Å². The zero-order valence-electron chi connectivity index (χ0n) is 23.4. The molecule has 4 unspecified atom stereocenters. The van der Waals surface area contributed by atoms with Crippen molar-refractivity contribution in [3.05, 3.63) is 57.6 Å². The number of carbonyl (C=O) groups is 3. The van der Waals surface area contributed by atoms with E-state index in [2.05, 4.69) is 34.8 Å². The van der Waals surface area contributed by atoms with Gasteiger partial charge in [0.2, 0.25) is 17.7 Å². The second-order valence-electron chi connectivity index (χ2n) is 12.7. The number of hydrogen-bond acceptors (Lipinski definition) is 6. The van der Waals surface area contributed by atoms with Crippen LogP contribution in [0.15, 0.2) is 30.5 Å². The van der Waals surface area contributed by atoms with Gasteiger partial charge in [0.05, 0.1) is 12.6 Å². The van der Waals surface area contributed by atoms with Gasteiger partial charge in [-0.3, -0.25) is 14.4 Å². The maximum Gasteiger partial charge on any atom is 0.246 e. The van der Waals surface area contributed by atoms with Crippen LogP contribution in [0.4, 0.5) is 10.1 Å². The van der Waals surface area contributed by atoms with Crippen molar-refractivity contribution in [2.45, 2.75) is 75.0 Å². The van der Waals surface area contributed by atoms with Crippen LogP contribution in [0.1, 0.15) is 63.0 Å². The number of aromatic nitrogens is 1. The quantitative estimate of drug-likeness (QED) is 0.385. The largest absolute Gasteiger partial charge is 0.367 e. The Labute approximate surface area is 253 Å². The van der Waals surface area contributed by atoms with Crippen LogP contribution >= 0.6 is 23.2 Å². The Morgan fingerprint density at radius 1 is 1.19 bits per heavy atom. The molecule has 1 aliphatic carbocycles. The molecule has 6 rings (SSSR count). The highest BCUT2D eigenvalue weighted by Crippen LogP contribution is 2.63. The molecular weight excluding hydrogens is 584 g/mol. The predicted octanol–water partition coefficient (Wildman–Crippen LogP) is 3.82. The summed E-state index contributed by atoms with van der Waals surface area (Å²) in [4.78, 5) is 43.7. The van der Waals surface area contributed by atoms with E-state index < -0.39 is 40.6 Å². The van der Waals surface area contributed by atoms with Gasteiger partial charge in [-0.25, -0.2) is 9.37 Å². The number of nitrogens with one attached hydrogen (secondary N) is 3. The summed E-state index contributed by atoms with van der Waals surface area (Å²) < 4.78 is 21.2. The van der Waals surface area contributed by atoms with Crippen LogP contribution in [0.25, 0.3) is 0 Å². The molecule has 3 fully saturated rings. The zero-order chi connectivity index (χ0) is 30.0. The molecule has 0 radical (unpaired) electrons. The number of nitrogens with zero attached hydrogens (tertiary/aromatic N) is 1. The summed E-state index contributed by atoms with van der Waals surface area (Å²) >= 11 is 12.5. The number of rotatable bonds is 4. The molecule has 1 aromatic carbocycles. The fourth-order valence-corrected chi connectivity index (χ4v) is 8.23. The summed E-state index contributed by atoms with van der Waals surface area (Å²) in [6.07, 6.45) is 3.38. The van der Waals surface area contributed by atoms with Gasteiger partial charge in [0, 0.05) is 40.8 Å². The van der Waals surface area contributed by atoms with E-state index in [4.69, 9.17) is 33.7 Å². The van der Waals surface area contributed by atoms with E-state index in [1.807, 2.05) is 6.07 Å². The Kier molecular flexibility index (Phi) is 7.28. The van der Waals surface area contributed by atoms with Crippen LogP contribution in [-0.2, 0) is 24.5 Å². The molecule has 2 aromatic rings. The highest BCUT2D eigenvalue weighted by molar-refractivity contribution is 6.31. The van der Waals surface area contributed by atoms with Gasteiger partial charge in [-0.05, 0) is 66.8 Å². The molecule has 4 aliphatic rings. The summed E-state index contributed by atoms with van der Waals surface area (Å²) in [6.45, 7) is 4.62. The van der Waals surface area contributed by atoms with Gasteiger partial charge in [-0.2, -0.15) is 0 Å². The number of anilines is 1. The number of amides is 3. The first kappa shape index (κ1) is 29.3. The molecule has 224 valence electrons. The number of fused-ring (bicyclic) bond motifs is 3. The summed E-state index contributed by atoms with van der Waals surface area (Å²) in [7, 11) is 0. The lowest BCUT2D eigenvalue weighted by Gasteiger charge is -2.53. The van der Waals surface area contributed by atoms with Gasteiger partial charge in [0.15, 0.2) is 11.0 Å². The molecular formula is C30H34Cl2FN5O4. The minimum Gasteiger partial charge on any atom is -0.367 e. The highest BCUT2D eigenvalue weighted by Gasteiger charge is 2.70. The first-order chi connectivity index (χ1) is 19.9. The third-order valence-electron chi connectivity index (χ3n) is 10.1. The molecule has 2 saturated heterocycles. The van der Waals surface area contributed by atoms with E-state index in [0.29, 0.717) is 54.9 Å². The standard InChI is InChI=1S/C30H34Cl2FN5O4/c1-28(2)8-9-29(12-19(28)26(40)37-16-4-6-22(25(34)39)42-14-16)30(18-5-3-15(31)11-21(18)38-27(30)41)20(13-36-29)17-7-10-35-24(32)23(17)33/h3,5,7,10-11,16,19-20,22,36H,4,6,8-9,12-14H2,1-2H3,(H2,34,39)(H,37,40)(H,38,41)/t16-,19?,20?,22+,29?,30?/m1/s1. The number of benzene rings is 1. The van der Waals surface area contributed by atoms with E-state index in [0.717, 1.165) is 5.56 Å². The van der Waals surface area contributed by atoms with Crippen LogP contribution < -0.4 is 21.7 Å². The second kappa shape index (κ2) is 10.4. The van der Waals surface area contributed by atoms with Crippen molar-refractivity contribution in [2.75, 3.05) is 18.5 Å². The molecule has 6 atom stereocenters. The van der Waals surface area contributed by atoms with Crippen molar-refractivity contribution in [2.24, 2.45) is 17.1 Å². The Morgan fingerprint density at radius 2 is 1.98 bits per heavy atom. The number of halogens is 3. The highest BCUT2D eigenvalue weighted by atomic mass is 35.5. The lowest BCUT2D eigenvalue weighted by atomic mass is 9.51. The third kappa shape index (κ3) is 4.41. The van der Waals surface area contributed by atoms with Gasteiger partial charge >= 0.3 is 0 Å². The molecule has 3 aliphatic heterocycles. The minimum absolute atomic E-state index is 0.140. The van der Waals surface area contributed by atoms with E-state index in [1.54, 1.807) is 18.2 Å².